The maximum Gasteiger partial charge on any atom is 0.292 e. The molecule has 136 valence electrons. The van der Waals surface area contributed by atoms with Gasteiger partial charge in [-0.05, 0) is 44.6 Å². The van der Waals surface area contributed by atoms with Crippen LogP contribution < -0.4 is 4.90 Å². The third-order valence-electron chi connectivity index (χ3n) is 5.64. The monoisotopic (exact) mass is 345 g/mol. The number of nitro benzene ring substituents is 1. The van der Waals surface area contributed by atoms with Crippen molar-refractivity contribution in [3.63, 3.8) is 0 Å². The summed E-state index contributed by atoms with van der Waals surface area (Å²) in [7, 11) is 0. The quantitative estimate of drug-likeness (QED) is 0.618. The SMILES string of the molecule is CC[C@H]1CCCCN1C(=O)C1CCN(c2ccccc2[N+](=O)[O-])CC1. The number of likely N-dealkylation sites (tertiary alicyclic amines) is 1. The predicted molar refractivity (Wildman–Crippen MR) is 97.7 cm³/mol. The van der Waals surface area contributed by atoms with E-state index >= 15 is 0 Å². The first-order valence-corrected chi connectivity index (χ1v) is 9.40. The van der Waals surface area contributed by atoms with E-state index in [1.54, 1.807) is 18.2 Å². The van der Waals surface area contributed by atoms with Gasteiger partial charge in [0.1, 0.15) is 5.69 Å². The average Bonchev–Trinajstić information content (AvgIpc) is 2.67. The number of hydrogen-bond acceptors (Lipinski definition) is 4. The second kappa shape index (κ2) is 7.85. The second-order valence-electron chi connectivity index (χ2n) is 7.10. The topological polar surface area (TPSA) is 66.7 Å². The number of piperidine rings is 2. The van der Waals surface area contributed by atoms with Crippen molar-refractivity contribution in [2.24, 2.45) is 5.92 Å². The number of carbonyl (C=O) groups excluding carboxylic acids is 1. The summed E-state index contributed by atoms with van der Waals surface area (Å²) in [5, 5.41) is 11.2. The minimum Gasteiger partial charge on any atom is -0.366 e. The molecule has 0 unspecified atom stereocenters. The molecule has 0 N–H and O–H groups in total. The van der Waals surface area contributed by atoms with Gasteiger partial charge in [0.15, 0.2) is 0 Å². The third kappa shape index (κ3) is 3.78. The van der Waals surface area contributed by atoms with Crippen LogP contribution in [0.1, 0.15) is 45.4 Å². The summed E-state index contributed by atoms with van der Waals surface area (Å²) >= 11 is 0. The van der Waals surface area contributed by atoms with Gasteiger partial charge in [0.2, 0.25) is 5.91 Å². The number of para-hydroxylation sites is 2. The number of rotatable bonds is 4. The number of hydrogen-bond donors (Lipinski definition) is 0. The lowest BCUT2D eigenvalue weighted by atomic mass is 9.91. The average molecular weight is 345 g/mol. The van der Waals surface area contributed by atoms with E-state index < -0.39 is 0 Å². The highest BCUT2D eigenvalue weighted by Crippen LogP contribution is 2.32. The minimum absolute atomic E-state index is 0.0613. The number of carbonyl (C=O) groups is 1. The van der Waals surface area contributed by atoms with E-state index in [1.807, 2.05) is 6.07 Å². The van der Waals surface area contributed by atoms with Gasteiger partial charge in [0.25, 0.3) is 5.69 Å². The van der Waals surface area contributed by atoms with E-state index in [1.165, 1.54) is 6.42 Å². The van der Waals surface area contributed by atoms with Crippen molar-refractivity contribution in [3.8, 4) is 0 Å². The molecule has 2 aliphatic heterocycles. The number of anilines is 1. The van der Waals surface area contributed by atoms with E-state index in [0.29, 0.717) is 30.7 Å². The summed E-state index contributed by atoms with van der Waals surface area (Å²) in [6.45, 7) is 4.45. The molecule has 1 atom stereocenters. The van der Waals surface area contributed by atoms with Crippen LogP contribution in [0.4, 0.5) is 11.4 Å². The van der Waals surface area contributed by atoms with Crippen LogP contribution in [-0.4, -0.2) is 41.4 Å². The third-order valence-corrected chi connectivity index (χ3v) is 5.64. The van der Waals surface area contributed by atoms with Gasteiger partial charge in [-0.1, -0.05) is 19.1 Å². The number of nitrogens with zero attached hydrogens (tertiary/aromatic N) is 3. The second-order valence-corrected chi connectivity index (χ2v) is 7.10. The number of benzene rings is 1. The van der Waals surface area contributed by atoms with Crippen LogP contribution in [-0.2, 0) is 4.79 Å². The molecule has 1 amide bonds. The first-order valence-electron chi connectivity index (χ1n) is 9.40. The van der Waals surface area contributed by atoms with E-state index in [2.05, 4.69) is 16.7 Å². The van der Waals surface area contributed by atoms with Crippen LogP contribution in [0, 0.1) is 16.0 Å². The summed E-state index contributed by atoms with van der Waals surface area (Å²) in [4.78, 5) is 28.0. The summed E-state index contributed by atoms with van der Waals surface area (Å²) in [6.07, 6.45) is 6.03. The molecule has 25 heavy (non-hydrogen) atoms. The first kappa shape index (κ1) is 17.7. The molecule has 0 spiro atoms. The Morgan fingerprint density at radius 3 is 2.56 bits per heavy atom. The van der Waals surface area contributed by atoms with Crippen molar-refractivity contribution < 1.29 is 9.72 Å². The molecule has 6 heteroatoms. The summed E-state index contributed by atoms with van der Waals surface area (Å²) in [5.41, 5.74) is 0.817. The van der Waals surface area contributed by atoms with Crippen LogP contribution >= 0.6 is 0 Å². The number of amides is 1. The van der Waals surface area contributed by atoms with Gasteiger partial charge >= 0.3 is 0 Å². The van der Waals surface area contributed by atoms with E-state index in [9.17, 15) is 14.9 Å². The lowest BCUT2D eigenvalue weighted by Gasteiger charge is -2.40. The van der Waals surface area contributed by atoms with Crippen LogP contribution in [0.5, 0.6) is 0 Å². The van der Waals surface area contributed by atoms with Crippen molar-refractivity contribution in [3.05, 3.63) is 34.4 Å². The Morgan fingerprint density at radius 1 is 1.16 bits per heavy atom. The Labute approximate surface area is 148 Å². The van der Waals surface area contributed by atoms with Gasteiger partial charge in [-0.2, -0.15) is 0 Å². The molecule has 1 aromatic carbocycles. The highest BCUT2D eigenvalue weighted by Gasteiger charge is 2.33. The maximum atomic E-state index is 12.9. The molecule has 2 heterocycles. The molecular formula is C19H27N3O3. The fourth-order valence-corrected chi connectivity index (χ4v) is 4.20. The van der Waals surface area contributed by atoms with Crippen molar-refractivity contribution in [2.75, 3.05) is 24.5 Å². The zero-order chi connectivity index (χ0) is 17.8. The molecule has 0 radical (unpaired) electrons. The highest BCUT2D eigenvalue weighted by atomic mass is 16.6. The van der Waals surface area contributed by atoms with E-state index in [-0.39, 0.29) is 16.5 Å². The van der Waals surface area contributed by atoms with Gasteiger partial charge < -0.3 is 9.80 Å². The van der Waals surface area contributed by atoms with Crippen molar-refractivity contribution in [2.45, 2.75) is 51.5 Å². The molecule has 6 nitrogen and oxygen atoms in total. The molecular weight excluding hydrogens is 318 g/mol. The lowest BCUT2D eigenvalue weighted by molar-refractivity contribution is -0.384. The Morgan fingerprint density at radius 2 is 1.88 bits per heavy atom. The largest absolute Gasteiger partial charge is 0.366 e. The molecule has 0 saturated carbocycles. The van der Waals surface area contributed by atoms with E-state index in [0.717, 1.165) is 38.6 Å². The van der Waals surface area contributed by atoms with Crippen LogP contribution in [0.15, 0.2) is 24.3 Å². The molecule has 2 saturated heterocycles. The standard InChI is InChI=1S/C19H27N3O3/c1-2-16-7-5-6-12-21(16)19(23)15-10-13-20(14-11-15)17-8-3-4-9-18(17)22(24)25/h3-4,8-9,15-16H,2,5-7,10-14H2,1H3/t16-/m0/s1. The van der Waals surface area contributed by atoms with Crippen molar-refractivity contribution in [1.82, 2.24) is 4.90 Å². The molecule has 0 aliphatic carbocycles. The Bertz CT molecular complexity index is 626. The smallest absolute Gasteiger partial charge is 0.292 e. The molecule has 0 aromatic heterocycles. The van der Waals surface area contributed by atoms with Crippen LogP contribution in [0.3, 0.4) is 0 Å². The Kier molecular flexibility index (Phi) is 5.56. The van der Waals surface area contributed by atoms with Gasteiger partial charge in [-0.15, -0.1) is 0 Å². The Balaban J connectivity index is 1.64. The number of nitro groups is 1. The zero-order valence-corrected chi connectivity index (χ0v) is 14.9. The van der Waals surface area contributed by atoms with Gasteiger partial charge in [0.05, 0.1) is 4.92 Å². The van der Waals surface area contributed by atoms with Crippen molar-refractivity contribution >= 4 is 17.3 Å². The minimum atomic E-state index is -0.327. The summed E-state index contributed by atoms with van der Waals surface area (Å²) < 4.78 is 0. The van der Waals surface area contributed by atoms with Crippen molar-refractivity contribution in [1.29, 1.82) is 0 Å². The Hall–Kier alpha value is -2.11. The summed E-state index contributed by atoms with van der Waals surface area (Å²) in [5.74, 6) is 0.361. The van der Waals surface area contributed by atoms with Gasteiger partial charge in [-0.3, -0.25) is 14.9 Å². The normalized spacial score (nSPS) is 22.0. The lowest BCUT2D eigenvalue weighted by Crippen LogP contribution is -2.48. The van der Waals surface area contributed by atoms with E-state index in [4.69, 9.17) is 0 Å². The fraction of sp³-hybridized carbons (Fsp3) is 0.632. The molecule has 3 rings (SSSR count). The van der Waals surface area contributed by atoms with Gasteiger partial charge in [0, 0.05) is 37.7 Å². The molecule has 2 fully saturated rings. The summed E-state index contributed by atoms with van der Waals surface area (Å²) in [6, 6.07) is 7.28. The van der Waals surface area contributed by atoms with Crippen LogP contribution in [0.2, 0.25) is 0 Å². The highest BCUT2D eigenvalue weighted by molar-refractivity contribution is 5.79. The zero-order valence-electron chi connectivity index (χ0n) is 14.9. The first-order chi connectivity index (χ1) is 12.1. The maximum absolute atomic E-state index is 12.9. The fourth-order valence-electron chi connectivity index (χ4n) is 4.20. The molecule has 1 aromatic rings. The molecule has 0 bridgehead atoms. The predicted octanol–water partition coefficient (Wildman–Crippen LogP) is 3.60. The van der Waals surface area contributed by atoms with Gasteiger partial charge in [-0.25, -0.2) is 0 Å². The molecule has 2 aliphatic rings. The van der Waals surface area contributed by atoms with Crippen LogP contribution in [0.25, 0.3) is 0 Å².